The predicted molar refractivity (Wildman–Crippen MR) is 87.8 cm³/mol. The van der Waals surface area contributed by atoms with Crippen molar-refractivity contribution < 1.29 is 22.4 Å². The quantitative estimate of drug-likeness (QED) is 0.430. The number of halogens is 5. The smallest absolute Gasteiger partial charge is 0.321 e. The van der Waals surface area contributed by atoms with Crippen molar-refractivity contribution in [3.8, 4) is 6.07 Å². The van der Waals surface area contributed by atoms with E-state index in [0.29, 0.717) is 4.47 Å². The molecule has 0 heterocycles. The number of nitrogens with one attached hydrogen (secondary N) is 1. The maximum absolute atomic E-state index is 13.8. The van der Waals surface area contributed by atoms with E-state index in [-0.39, 0.29) is 11.3 Å². The number of carbonyl (C=O) groups excluding carboxylic acids is 1. The molecule has 0 fully saturated rings. The van der Waals surface area contributed by atoms with E-state index >= 15 is 0 Å². The normalized spacial score (nSPS) is 11.8. The zero-order valence-corrected chi connectivity index (χ0v) is 14.0. The average molecular weight is 413 g/mol. The number of anilines is 1. The molecule has 1 amide bonds. The van der Waals surface area contributed by atoms with Gasteiger partial charge < -0.3 is 5.32 Å². The fourth-order valence-corrected chi connectivity index (χ4v) is 2.23. The summed E-state index contributed by atoms with van der Waals surface area (Å²) in [5.74, 6) is -1.60. The SMILES string of the molecule is N#C/C(=C\c1ccc(Br)cc1F)C(=O)Nc1cccc(C(F)(F)F)c1. The van der Waals surface area contributed by atoms with Gasteiger partial charge in [0.15, 0.2) is 0 Å². The molecule has 8 heteroatoms. The number of hydrogen-bond donors (Lipinski definition) is 1. The van der Waals surface area contributed by atoms with Crippen LogP contribution in [-0.4, -0.2) is 5.91 Å². The van der Waals surface area contributed by atoms with Crippen LogP contribution >= 0.6 is 15.9 Å². The van der Waals surface area contributed by atoms with Gasteiger partial charge in [-0.2, -0.15) is 18.4 Å². The molecule has 25 heavy (non-hydrogen) atoms. The van der Waals surface area contributed by atoms with Crippen LogP contribution in [0.2, 0.25) is 0 Å². The van der Waals surface area contributed by atoms with E-state index in [1.807, 2.05) is 0 Å². The first-order valence-electron chi connectivity index (χ1n) is 6.76. The van der Waals surface area contributed by atoms with Gasteiger partial charge in [-0.3, -0.25) is 4.79 Å². The zero-order chi connectivity index (χ0) is 18.6. The molecule has 0 atom stereocenters. The van der Waals surface area contributed by atoms with Crippen LogP contribution in [0.5, 0.6) is 0 Å². The highest BCUT2D eigenvalue weighted by Crippen LogP contribution is 2.30. The summed E-state index contributed by atoms with van der Waals surface area (Å²) in [6.07, 6.45) is -3.54. The highest BCUT2D eigenvalue weighted by atomic mass is 79.9. The van der Waals surface area contributed by atoms with Gasteiger partial charge in [-0.1, -0.05) is 28.1 Å². The first-order valence-corrected chi connectivity index (χ1v) is 7.55. The lowest BCUT2D eigenvalue weighted by Gasteiger charge is -2.09. The van der Waals surface area contributed by atoms with Crippen molar-refractivity contribution in [3.05, 3.63) is 69.5 Å². The Hall–Kier alpha value is -2.66. The molecule has 2 aromatic carbocycles. The Balaban J connectivity index is 2.26. The Labute approximate surface area is 148 Å². The monoisotopic (exact) mass is 412 g/mol. The van der Waals surface area contributed by atoms with E-state index in [1.54, 1.807) is 6.07 Å². The molecule has 0 aromatic heterocycles. The van der Waals surface area contributed by atoms with Crippen molar-refractivity contribution in [2.24, 2.45) is 0 Å². The standard InChI is InChI=1S/C17H9BrF4N2O/c18-13-5-4-10(15(19)8-13)6-11(9-23)16(25)24-14-3-1-2-12(7-14)17(20,21)22/h1-8H,(H,24,25)/b11-6+. The Morgan fingerprint density at radius 2 is 1.92 bits per heavy atom. The molecular weight excluding hydrogens is 404 g/mol. The second kappa shape index (κ2) is 7.49. The maximum atomic E-state index is 13.8. The van der Waals surface area contributed by atoms with E-state index < -0.39 is 29.0 Å². The van der Waals surface area contributed by atoms with Crippen LogP contribution in [0.25, 0.3) is 6.08 Å². The number of hydrogen-bond acceptors (Lipinski definition) is 2. The minimum atomic E-state index is -4.56. The summed E-state index contributed by atoms with van der Waals surface area (Å²) in [6.45, 7) is 0. The topological polar surface area (TPSA) is 52.9 Å². The molecule has 2 aromatic rings. The van der Waals surface area contributed by atoms with Crippen LogP contribution in [0.15, 0.2) is 52.5 Å². The minimum absolute atomic E-state index is 0.000979. The first-order chi connectivity index (χ1) is 11.7. The Morgan fingerprint density at radius 3 is 2.52 bits per heavy atom. The number of nitriles is 1. The maximum Gasteiger partial charge on any atom is 0.416 e. The molecule has 0 unspecified atom stereocenters. The number of carbonyl (C=O) groups is 1. The van der Waals surface area contributed by atoms with Crippen LogP contribution in [-0.2, 0) is 11.0 Å². The molecular formula is C17H9BrF4N2O. The Morgan fingerprint density at radius 1 is 1.20 bits per heavy atom. The van der Waals surface area contributed by atoms with Crippen LogP contribution in [0.4, 0.5) is 23.2 Å². The Bertz CT molecular complexity index is 885. The summed E-state index contributed by atoms with van der Waals surface area (Å²) in [5, 5.41) is 11.3. The molecule has 0 bridgehead atoms. The first kappa shape index (κ1) is 18.7. The highest BCUT2D eigenvalue weighted by molar-refractivity contribution is 9.10. The van der Waals surface area contributed by atoms with E-state index in [9.17, 15) is 22.4 Å². The van der Waals surface area contributed by atoms with E-state index in [1.165, 1.54) is 18.2 Å². The number of nitrogens with zero attached hydrogens (tertiary/aromatic N) is 1. The number of rotatable bonds is 3. The summed E-state index contributed by atoms with van der Waals surface area (Å²) in [5.41, 5.74) is -1.51. The van der Waals surface area contributed by atoms with Crippen LogP contribution < -0.4 is 5.32 Å². The minimum Gasteiger partial charge on any atom is -0.321 e. The van der Waals surface area contributed by atoms with E-state index in [4.69, 9.17) is 5.26 Å². The molecule has 0 aliphatic rings. The van der Waals surface area contributed by atoms with Crippen LogP contribution in [0, 0.1) is 17.1 Å². The lowest BCUT2D eigenvalue weighted by Crippen LogP contribution is -2.14. The Kier molecular flexibility index (Phi) is 5.59. The van der Waals surface area contributed by atoms with Crippen LogP contribution in [0.1, 0.15) is 11.1 Å². The van der Waals surface area contributed by atoms with Gasteiger partial charge in [0.1, 0.15) is 17.5 Å². The molecule has 128 valence electrons. The average Bonchev–Trinajstić information content (AvgIpc) is 2.53. The molecule has 0 spiro atoms. The second-order valence-electron chi connectivity index (χ2n) is 4.87. The number of amides is 1. The molecule has 0 saturated heterocycles. The summed E-state index contributed by atoms with van der Waals surface area (Å²) >= 11 is 3.08. The summed E-state index contributed by atoms with van der Waals surface area (Å²) < 4.78 is 52.3. The van der Waals surface area contributed by atoms with E-state index in [2.05, 4.69) is 21.2 Å². The third-order valence-corrected chi connectivity index (χ3v) is 3.57. The summed E-state index contributed by atoms with van der Waals surface area (Å²) in [4.78, 5) is 12.1. The van der Waals surface area contributed by atoms with Gasteiger partial charge in [0, 0.05) is 15.7 Å². The number of alkyl halides is 3. The van der Waals surface area contributed by atoms with Crippen molar-refractivity contribution >= 4 is 33.6 Å². The lowest BCUT2D eigenvalue weighted by atomic mass is 10.1. The molecule has 3 nitrogen and oxygen atoms in total. The van der Waals surface area contributed by atoms with Gasteiger partial charge in [0.25, 0.3) is 5.91 Å². The fourth-order valence-electron chi connectivity index (χ4n) is 1.89. The van der Waals surface area contributed by atoms with Crippen molar-refractivity contribution in [3.63, 3.8) is 0 Å². The summed E-state index contributed by atoms with van der Waals surface area (Å²) in [7, 11) is 0. The van der Waals surface area contributed by atoms with Gasteiger partial charge in [-0.25, -0.2) is 4.39 Å². The zero-order valence-electron chi connectivity index (χ0n) is 12.4. The molecule has 2 rings (SSSR count). The summed E-state index contributed by atoms with van der Waals surface area (Å²) in [6, 6.07) is 9.62. The predicted octanol–water partition coefficient (Wildman–Crippen LogP) is 5.15. The van der Waals surface area contributed by atoms with Gasteiger partial charge in [-0.05, 0) is 36.4 Å². The fraction of sp³-hybridized carbons (Fsp3) is 0.0588. The van der Waals surface area contributed by atoms with Gasteiger partial charge >= 0.3 is 6.18 Å². The van der Waals surface area contributed by atoms with Crippen molar-refractivity contribution in [2.45, 2.75) is 6.18 Å². The molecule has 0 aliphatic carbocycles. The van der Waals surface area contributed by atoms with Crippen LogP contribution in [0.3, 0.4) is 0 Å². The van der Waals surface area contributed by atoms with Gasteiger partial charge in [0.2, 0.25) is 0 Å². The molecule has 1 N–H and O–H groups in total. The molecule has 0 saturated carbocycles. The lowest BCUT2D eigenvalue weighted by molar-refractivity contribution is -0.137. The van der Waals surface area contributed by atoms with Gasteiger partial charge in [-0.15, -0.1) is 0 Å². The van der Waals surface area contributed by atoms with Crippen molar-refractivity contribution in [1.29, 1.82) is 5.26 Å². The third-order valence-electron chi connectivity index (χ3n) is 3.08. The highest BCUT2D eigenvalue weighted by Gasteiger charge is 2.30. The van der Waals surface area contributed by atoms with Gasteiger partial charge in [0.05, 0.1) is 5.56 Å². The largest absolute Gasteiger partial charge is 0.416 e. The number of benzene rings is 2. The third kappa shape index (κ3) is 4.90. The van der Waals surface area contributed by atoms with Crippen molar-refractivity contribution in [2.75, 3.05) is 5.32 Å². The van der Waals surface area contributed by atoms with E-state index in [0.717, 1.165) is 30.3 Å². The molecule has 0 radical (unpaired) electrons. The second-order valence-corrected chi connectivity index (χ2v) is 5.78. The van der Waals surface area contributed by atoms with Crippen molar-refractivity contribution in [1.82, 2.24) is 0 Å². The molecule has 0 aliphatic heterocycles.